The third kappa shape index (κ3) is 4.95. The quantitative estimate of drug-likeness (QED) is 0.327. The maximum atomic E-state index is 13.3. The van der Waals surface area contributed by atoms with Crippen molar-refractivity contribution in [3.63, 3.8) is 0 Å². The summed E-state index contributed by atoms with van der Waals surface area (Å²) in [4.78, 5) is 41.8. The molecular formula is C28H30N8O3S. The summed E-state index contributed by atoms with van der Waals surface area (Å²) in [5.74, 6) is 1.54. The molecule has 4 aromatic rings. The number of benzene rings is 1. The highest BCUT2D eigenvalue weighted by Crippen LogP contribution is 2.32. The number of carbonyl (C=O) groups is 1. The lowest BCUT2D eigenvalue weighted by Gasteiger charge is -2.23. The van der Waals surface area contributed by atoms with Crippen molar-refractivity contribution in [1.29, 1.82) is 0 Å². The zero-order valence-electron chi connectivity index (χ0n) is 22.4. The van der Waals surface area contributed by atoms with Crippen LogP contribution in [0.25, 0.3) is 16.9 Å². The summed E-state index contributed by atoms with van der Waals surface area (Å²) in [6, 6.07) is 13.0. The van der Waals surface area contributed by atoms with Crippen LogP contribution in [0.5, 0.6) is 0 Å². The average Bonchev–Trinajstić information content (AvgIpc) is 3.57. The first-order valence-corrected chi connectivity index (χ1v) is 15.4. The van der Waals surface area contributed by atoms with Gasteiger partial charge in [-0.3, -0.25) is 14.5 Å². The van der Waals surface area contributed by atoms with E-state index in [1.54, 1.807) is 29.0 Å². The second-order valence-electron chi connectivity index (χ2n) is 10.5. The van der Waals surface area contributed by atoms with Gasteiger partial charge in [0.05, 0.1) is 12.6 Å². The topological polar surface area (TPSA) is 127 Å². The number of ketones is 1. The molecule has 0 aliphatic carbocycles. The normalized spacial score (nSPS) is 20.2. The van der Waals surface area contributed by atoms with Gasteiger partial charge in [-0.2, -0.15) is 9.35 Å². The molecule has 5 heterocycles. The third-order valence-corrected chi connectivity index (χ3v) is 7.86. The van der Waals surface area contributed by atoms with Crippen LogP contribution in [0.1, 0.15) is 12.0 Å². The molecule has 2 aliphatic heterocycles. The van der Waals surface area contributed by atoms with Crippen molar-refractivity contribution in [2.45, 2.75) is 25.4 Å². The molecule has 206 valence electrons. The van der Waals surface area contributed by atoms with Gasteiger partial charge in [-0.05, 0) is 49.2 Å². The molecule has 2 fully saturated rings. The minimum atomic E-state index is -2.43. The van der Waals surface area contributed by atoms with Gasteiger partial charge in [0.1, 0.15) is 5.39 Å². The number of piperidine rings is 1. The summed E-state index contributed by atoms with van der Waals surface area (Å²) in [6.45, 7) is 5.87. The van der Waals surface area contributed by atoms with E-state index >= 15 is 0 Å². The first-order valence-electron chi connectivity index (χ1n) is 13.1. The third-order valence-electron chi connectivity index (χ3n) is 7.23. The van der Waals surface area contributed by atoms with Gasteiger partial charge in [-0.1, -0.05) is 24.3 Å². The van der Waals surface area contributed by atoms with Gasteiger partial charge in [0.2, 0.25) is 5.95 Å². The Kier molecular flexibility index (Phi) is 6.59. The fraction of sp³-hybridized carbons (Fsp3) is 0.321. The molecular weight excluding hydrogens is 528 g/mol. The molecule has 0 spiro atoms. The molecule has 0 saturated carbocycles. The number of nitrogens with zero attached hydrogens (tertiary/aromatic N) is 7. The number of anilines is 2. The van der Waals surface area contributed by atoms with E-state index in [-0.39, 0.29) is 24.1 Å². The largest absolute Gasteiger partial charge is 0.324 e. The van der Waals surface area contributed by atoms with Gasteiger partial charge in [0.25, 0.3) is 5.56 Å². The molecule has 6 rings (SSSR count). The molecule has 0 radical (unpaired) electrons. The van der Waals surface area contributed by atoms with Gasteiger partial charge in [-0.25, -0.2) is 23.5 Å². The summed E-state index contributed by atoms with van der Waals surface area (Å²) >= 11 is 0. The zero-order chi connectivity index (χ0) is 28.0. The van der Waals surface area contributed by atoms with Crippen molar-refractivity contribution < 1.29 is 9.00 Å². The summed E-state index contributed by atoms with van der Waals surface area (Å²) < 4.78 is 19.5. The van der Waals surface area contributed by atoms with E-state index in [4.69, 9.17) is 0 Å². The summed E-state index contributed by atoms with van der Waals surface area (Å²) in [6.07, 6.45) is 7.83. The molecule has 1 N–H and O–H groups in total. The molecule has 3 atom stereocenters. The van der Waals surface area contributed by atoms with Crippen LogP contribution in [-0.2, 0) is 27.5 Å². The van der Waals surface area contributed by atoms with Crippen molar-refractivity contribution in [2.24, 2.45) is 10.3 Å². The van der Waals surface area contributed by atoms with Crippen LogP contribution >= 0.6 is 0 Å². The van der Waals surface area contributed by atoms with Crippen LogP contribution in [-0.4, -0.2) is 70.9 Å². The number of aromatic nitrogens is 5. The van der Waals surface area contributed by atoms with E-state index in [0.717, 1.165) is 30.8 Å². The van der Waals surface area contributed by atoms with E-state index in [2.05, 4.69) is 36.1 Å². The predicted molar refractivity (Wildman–Crippen MR) is 155 cm³/mol. The summed E-state index contributed by atoms with van der Waals surface area (Å²) in [5, 5.41) is 3.57. The van der Waals surface area contributed by atoms with Crippen LogP contribution < -0.4 is 10.9 Å². The van der Waals surface area contributed by atoms with Crippen LogP contribution in [0.2, 0.25) is 0 Å². The average molecular weight is 559 g/mol. The zero-order valence-corrected chi connectivity index (χ0v) is 23.2. The Hall–Kier alpha value is -4.16. The molecule has 3 unspecified atom stereocenters. The minimum Gasteiger partial charge on any atom is -0.324 e. The van der Waals surface area contributed by atoms with Gasteiger partial charge in [0.15, 0.2) is 23.1 Å². The molecule has 2 bridgehead atoms. The second kappa shape index (κ2) is 10.1. The fourth-order valence-corrected chi connectivity index (χ4v) is 6.08. The maximum absolute atomic E-state index is 13.3. The maximum Gasteiger partial charge on any atom is 0.278 e. The standard InChI is InChI=1S/C28H30N8O3S/c1-4-12-35-27(38)21-16-29-28(32-26(21)36(35)24-10-6-9-23(31-24)33-40(2,3)39)30-20-8-5-7-18(14-20)15-22-25(37)19-11-13-34(22)17-19/h4-10,14,16,19,22H,1,11-13,15,17H2,2-3H3,(H,29,30,32). The Morgan fingerprint density at radius 1 is 1.18 bits per heavy atom. The number of carbonyl (C=O) groups excluding carboxylic acids is 1. The number of Topliss-reactive ketones (excluding diaryl/α,β-unsaturated/α-hetero) is 1. The van der Waals surface area contributed by atoms with E-state index in [1.807, 2.05) is 24.3 Å². The van der Waals surface area contributed by atoms with Crippen LogP contribution in [0, 0.1) is 5.92 Å². The van der Waals surface area contributed by atoms with Crippen molar-refractivity contribution in [3.8, 4) is 5.82 Å². The molecule has 11 nitrogen and oxygen atoms in total. The van der Waals surface area contributed by atoms with Crippen molar-refractivity contribution >= 4 is 44.0 Å². The molecule has 1 aromatic carbocycles. The van der Waals surface area contributed by atoms with Crippen LogP contribution in [0.4, 0.5) is 17.5 Å². The van der Waals surface area contributed by atoms with Gasteiger partial charge < -0.3 is 5.32 Å². The number of hydrogen-bond acceptors (Lipinski definition) is 9. The Balaban J connectivity index is 1.35. The fourth-order valence-electron chi connectivity index (χ4n) is 5.53. The van der Waals surface area contributed by atoms with Gasteiger partial charge >= 0.3 is 0 Å². The van der Waals surface area contributed by atoms with E-state index in [9.17, 15) is 13.8 Å². The minimum absolute atomic E-state index is 0.0514. The Morgan fingerprint density at radius 2 is 2.00 bits per heavy atom. The number of rotatable bonds is 8. The smallest absolute Gasteiger partial charge is 0.278 e. The number of fused-ring (bicyclic) bond motifs is 3. The van der Waals surface area contributed by atoms with Crippen molar-refractivity contribution in [2.75, 3.05) is 30.9 Å². The number of allylic oxidation sites excluding steroid dienone is 1. The van der Waals surface area contributed by atoms with Crippen molar-refractivity contribution in [1.82, 2.24) is 29.2 Å². The molecule has 2 aliphatic rings. The lowest BCUT2D eigenvalue weighted by Crippen LogP contribution is -2.37. The van der Waals surface area contributed by atoms with Crippen molar-refractivity contribution in [3.05, 3.63) is 77.2 Å². The number of pyridine rings is 1. The highest BCUT2D eigenvalue weighted by molar-refractivity contribution is 7.92. The summed E-state index contributed by atoms with van der Waals surface area (Å²) in [5.41, 5.74) is 1.91. The summed E-state index contributed by atoms with van der Waals surface area (Å²) in [7, 11) is -2.43. The molecule has 2 saturated heterocycles. The number of hydrogen-bond donors (Lipinski definition) is 1. The molecule has 0 amide bonds. The van der Waals surface area contributed by atoms with Gasteiger partial charge in [-0.15, -0.1) is 6.58 Å². The molecule has 12 heteroatoms. The first-order chi connectivity index (χ1) is 19.2. The van der Waals surface area contributed by atoms with Crippen LogP contribution in [0.3, 0.4) is 0 Å². The van der Waals surface area contributed by atoms with E-state index in [0.29, 0.717) is 40.8 Å². The number of nitrogens with one attached hydrogen (secondary N) is 1. The van der Waals surface area contributed by atoms with E-state index in [1.165, 1.54) is 23.4 Å². The Labute approximate surface area is 231 Å². The van der Waals surface area contributed by atoms with Gasteiger partial charge in [0, 0.05) is 46.6 Å². The van der Waals surface area contributed by atoms with E-state index < -0.39 is 9.73 Å². The SMILES string of the molecule is C=CCn1c(=O)c2cnc(Nc3cccc(CC4C(=O)C5CCN4C5)c3)nc2n1-c1cccc(N=S(C)(C)=O)n1. The Morgan fingerprint density at radius 3 is 2.75 bits per heavy atom. The predicted octanol–water partition coefficient (Wildman–Crippen LogP) is 3.08. The molecule has 3 aromatic heterocycles. The monoisotopic (exact) mass is 558 g/mol. The van der Waals surface area contributed by atoms with Crippen LogP contribution in [0.15, 0.2) is 70.5 Å². The highest BCUT2D eigenvalue weighted by atomic mass is 32.2. The lowest BCUT2D eigenvalue weighted by molar-refractivity contribution is -0.124. The highest BCUT2D eigenvalue weighted by Gasteiger charge is 2.44. The molecule has 40 heavy (non-hydrogen) atoms. The lowest BCUT2D eigenvalue weighted by atomic mass is 9.94. The second-order valence-corrected chi connectivity index (χ2v) is 13.0. The Bertz CT molecular complexity index is 1830. The first kappa shape index (κ1) is 26.1.